The maximum atomic E-state index is 12.3. The van der Waals surface area contributed by atoms with E-state index in [1.165, 1.54) is 6.42 Å². The Morgan fingerprint density at radius 2 is 1.94 bits per heavy atom. The summed E-state index contributed by atoms with van der Waals surface area (Å²) < 4.78 is 0. The van der Waals surface area contributed by atoms with Gasteiger partial charge in [-0.05, 0) is 32.7 Å². The molecule has 1 fully saturated rings. The summed E-state index contributed by atoms with van der Waals surface area (Å²) in [6, 6.07) is 0.549. The summed E-state index contributed by atoms with van der Waals surface area (Å²) in [6.07, 6.45) is 3.34. The molecule has 0 aliphatic heterocycles. The van der Waals surface area contributed by atoms with Gasteiger partial charge in [-0.25, -0.2) is 0 Å². The molecule has 0 aromatic rings. The van der Waals surface area contributed by atoms with Crippen molar-refractivity contribution in [2.45, 2.75) is 59.9 Å². The highest BCUT2D eigenvalue weighted by Gasteiger charge is 2.37. The van der Waals surface area contributed by atoms with E-state index in [0.29, 0.717) is 17.7 Å². The van der Waals surface area contributed by atoms with Crippen molar-refractivity contribution in [3.8, 4) is 0 Å². The van der Waals surface area contributed by atoms with Gasteiger partial charge in [0.1, 0.15) is 5.78 Å². The van der Waals surface area contributed by atoms with Crippen molar-refractivity contribution in [3.63, 3.8) is 0 Å². The van der Waals surface area contributed by atoms with Crippen LogP contribution in [-0.2, 0) is 4.79 Å². The molecule has 0 bridgehead atoms. The van der Waals surface area contributed by atoms with Crippen molar-refractivity contribution in [2.24, 2.45) is 17.3 Å². The first-order valence-electron chi connectivity index (χ1n) is 7.00. The number of ketones is 1. The molecule has 100 valence electrons. The van der Waals surface area contributed by atoms with Gasteiger partial charge in [0.05, 0.1) is 0 Å². The molecule has 2 atom stereocenters. The molecule has 17 heavy (non-hydrogen) atoms. The molecule has 0 aromatic heterocycles. The topological polar surface area (TPSA) is 20.3 Å². The maximum absolute atomic E-state index is 12.3. The Morgan fingerprint density at radius 1 is 1.35 bits per heavy atom. The lowest BCUT2D eigenvalue weighted by Crippen LogP contribution is -2.44. The Morgan fingerprint density at radius 3 is 2.47 bits per heavy atom. The monoisotopic (exact) mass is 239 g/mol. The maximum Gasteiger partial charge on any atom is 0.142 e. The van der Waals surface area contributed by atoms with E-state index in [0.717, 1.165) is 19.4 Å². The van der Waals surface area contributed by atoms with Gasteiger partial charge in [-0.15, -0.1) is 0 Å². The zero-order valence-electron chi connectivity index (χ0n) is 12.4. The molecule has 2 unspecified atom stereocenters. The Bertz CT molecular complexity index is 270. The molecule has 0 amide bonds. The standard InChI is InChI=1S/C15H29NO/c1-11(2)12(3)16(6)10-13-8-7-9-15(4,5)14(13)17/h11-13H,7-10H2,1-6H3. The van der Waals surface area contributed by atoms with Crippen LogP contribution < -0.4 is 0 Å². The van der Waals surface area contributed by atoms with Crippen molar-refractivity contribution in [1.29, 1.82) is 0 Å². The van der Waals surface area contributed by atoms with Crippen molar-refractivity contribution >= 4 is 5.78 Å². The van der Waals surface area contributed by atoms with Crippen LogP contribution in [0.3, 0.4) is 0 Å². The minimum absolute atomic E-state index is 0.0924. The van der Waals surface area contributed by atoms with Crippen molar-refractivity contribution < 1.29 is 4.79 Å². The molecule has 1 saturated carbocycles. The van der Waals surface area contributed by atoms with Crippen molar-refractivity contribution in [1.82, 2.24) is 4.90 Å². The number of carbonyl (C=O) groups excluding carboxylic acids is 1. The molecule has 0 radical (unpaired) electrons. The van der Waals surface area contributed by atoms with Crippen LogP contribution in [0.2, 0.25) is 0 Å². The first kappa shape index (κ1) is 14.7. The molecule has 1 rings (SSSR count). The Kier molecular flexibility index (Phi) is 4.77. The van der Waals surface area contributed by atoms with Gasteiger partial charge in [0.15, 0.2) is 0 Å². The first-order valence-corrected chi connectivity index (χ1v) is 7.00. The molecule has 0 aromatic carbocycles. The largest absolute Gasteiger partial charge is 0.303 e. The van der Waals surface area contributed by atoms with Gasteiger partial charge < -0.3 is 4.90 Å². The van der Waals surface area contributed by atoms with Gasteiger partial charge in [0.2, 0.25) is 0 Å². The lowest BCUT2D eigenvalue weighted by Gasteiger charge is -2.37. The summed E-state index contributed by atoms with van der Waals surface area (Å²) in [5, 5.41) is 0. The van der Waals surface area contributed by atoms with Crippen molar-refractivity contribution in [2.75, 3.05) is 13.6 Å². The van der Waals surface area contributed by atoms with Crippen LogP contribution in [0.15, 0.2) is 0 Å². The van der Waals surface area contributed by atoms with Crippen LogP contribution in [0, 0.1) is 17.3 Å². The van der Waals surface area contributed by atoms with Crippen LogP contribution >= 0.6 is 0 Å². The number of carbonyl (C=O) groups is 1. The fraction of sp³-hybridized carbons (Fsp3) is 0.933. The summed E-state index contributed by atoms with van der Waals surface area (Å²) in [6.45, 7) is 11.9. The third kappa shape index (κ3) is 3.54. The number of hydrogen-bond acceptors (Lipinski definition) is 2. The summed E-state index contributed by atoms with van der Waals surface area (Å²) in [5.74, 6) is 1.38. The van der Waals surface area contributed by atoms with E-state index < -0.39 is 0 Å². The van der Waals surface area contributed by atoms with Crippen LogP contribution in [0.25, 0.3) is 0 Å². The van der Waals surface area contributed by atoms with E-state index in [1.54, 1.807) is 0 Å². The van der Waals surface area contributed by atoms with E-state index in [1.807, 2.05) is 0 Å². The molecule has 0 N–H and O–H groups in total. The van der Waals surface area contributed by atoms with Gasteiger partial charge in [-0.2, -0.15) is 0 Å². The second kappa shape index (κ2) is 5.51. The minimum Gasteiger partial charge on any atom is -0.303 e. The van der Waals surface area contributed by atoms with E-state index in [9.17, 15) is 4.79 Å². The zero-order valence-corrected chi connectivity index (χ0v) is 12.4. The highest BCUT2D eigenvalue weighted by molar-refractivity contribution is 5.87. The van der Waals surface area contributed by atoms with Gasteiger partial charge in [-0.3, -0.25) is 4.79 Å². The Hall–Kier alpha value is -0.370. The third-order valence-electron chi connectivity index (χ3n) is 4.56. The second-order valence-electron chi connectivity index (χ2n) is 6.76. The summed E-state index contributed by atoms with van der Waals surface area (Å²) in [5.41, 5.74) is -0.0924. The smallest absolute Gasteiger partial charge is 0.142 e. The molecule has 0 spiro atoms. The van der Waals surface area contributed by atoms with E-state index in [-0.39, 0.29) is 11.3 Å². The van der Waals surface area contributed by atoms with Gasteiger partial charge in [0, 0.05) is 23.9 Å². The second-order valence-corrected chi connectivity index (χ2v) is 6.76. The van der Waals surface area contributed by atoms with Crippen LogP contribution in [-0.4, -0.2) is 30.3 Å². The summed E-state index contributed by atoms with van der Waals surface area (Å²) in [7, 11) is 2.15. The van der Waals surface area contributed by atoms with Crippen LogP contribution in [0.1, 0.15) is 53.9 Å². The lowest BCUT2D eigenvalue weighted by atomic mass is 9.71. The third-order valence-corrected chi connectivity index (χ3v) is 4.56. The number of nitrogens with zero attached hydrogens (tertiary/aromatic N) is 1. The van der Waals surface area contributed by atoms with E-state index in [2.05, 4.69) is 46.6 Å². The normalized spacial score (nSPS) is 26.6. The predicted molar refractivity (Wildman–Crippen MR) is 73.1 cm³/mol. The summed E-state index contributed by atoms with van der Waals surface area (Å²) >= 11 is 0. The van der Waals surface area contributed by atoms with E-state index in [4.69, 9.17) is 0 Å². The SMILES string of the molecule is CC(C)C(C)N(C)CC1CCCC(C)(C)C1=O. The first-order chi connectivity index (χ1) is 7.75. The highest BCUT2D eigenvalue weighted by atomic mass is 16.1. The number of hydrogen-bond donors (Lipinski definition) is 0. The van der Waals surface area contributed by atoms with Gasteiger partial charge in [0.25, 0.3) is 0 Å². The van der Waals surface area contributed by atoms with Crippen molar-refractivity contribution in [3.05, 3.63) is 0 Å². The fourth-order valence-corrected chi connectivity index (χ4v) is 2.79. The average molecular weight is 239 g/mol. The molecule has 2 nitrogen and oxygen atoms in total. The molecule has 2 heteroatoms. The molecule has 0 saturated heterocycles. The van der Waals surface area contributed by atoms with Crippen LogP contribution in [0.4, 0.5) is 0 Å². The molecule has 0 heterocycles. The molecular weight excluding hydrogens is 210 g/mol. The van der Waals surface area contributed by atoms with E-state index >= 15 is 0 Å². The van der Waals surface area contributed by atoms with Crippen LogP contribution in [0.5, 0.6) is 0 Å². The minimum atomic E-state index is -0.0924. The molecular formula is C15H29NO. The predicted octanol–water partition coefficient (Wildman–Crippen LogP) is 3.36. The van der Waals surface area contributed by atoms with Gasteiger partial charge in [-0.1, -0.05) is 34.1 Å². The van der Waals surface area contributed by atoms with Gasteiger partial charge >= 0.3 is 0 Å². The Labute approximate surface area is 107 Å². The zero-order chi connectivity index (χ0) is 13.2. The fourth-order valence-electron chi connectivity index (χ4n) is 2.79. The quantitative estimate of drug-likeness (QED) is 0.750. The number of Topliss-reactive ketones (excluding diaryl/α,β-unsaturated/α-hetero) is 1. The average Bonchev–Trinajstić information content (AvgIpc) is 2.23. The molecule has 1 aliphatic rings. The molecule has 1 aliphatic carbocycles. The summed E-state index contributed by atoms with van der Waals surface area (Å²) in [4.78, 5) is 14.7. The Balaban J connectivity index is 2.59. The lowest BCUT2D eigenvalue weighted by molar-refractivity contribution is -0.135. The highest BCUT2D eigenvalue weighted by Crippen LogP contribution is 2.35. The number of rotatable bonds is 4.